The van der Waals surface area contributed by atoms with E-state index in [1.165, 1.54) is 4.68 Å². The molecule has 2 aromatic heterocycles. The van der Waals surface area contributed by atoms with E-state index >= 15 is 0 Å². The highest BCUT2D eigenvalue weighted by Gasteiger charge is 2.10. The fourth-order valence-electron chi connectivity index (χ4n) is 2.77. The molecule has 24 heavy (non-hydrogen) atoms. The molecule has 0 fully saturated rings. The Bertz CT molecular complexity index is 882. The van der Waals surface area contributed by atoms with Gasteiger partial charge in [0.25, 0.3) is 5.56 Å². The molecule has 6 heteroatoms. The first kappa shape index (κ1) is 17.7. The molecule has 0 aliphatic rings. The number of nitrogens with zero attached hydrogens (tertiary/aromatic N) is 4. The number of nitriles is 1. The smallest absolute Gasteiger partial charge is 0.289 e. The molecule has 2 aromatic rings. The van der Waals surface area contributed by atoms with Crippen LogP contribution in [-0.2, 0) is 11.3 Å². The van der Waals surface area contributed by atoms with Crippen molar-refractivity contribution in [3.63, 3.8) is 0 Å². The molecule has 0 saturated carbocycles. The van der Waals surface area contributed by atoms with Gasteiger partial charge in [0.1, 0.15) is 11.6 Å². The summed E-state index contributed by atoms with van der Waals surface area (Å²) < 4.78 is 8.55. The van der Waals surface area contributed by atoms with Crippen molar-refractivity contribution >= 4 is 6.21 Å². The lowest BCUT2D eigenvalue weighted by atomic mass is 10.1. The van der Waals surface area contributed by atoms with Gasteiger partial charge in [-0.05, 0) is 45.4 Å². The van der Waals surface area contributed by atoms with Crippen LogP contribution in [0.25, 0.3) is 0 Å². The molecule has 2 heterocycles. The second kappa shape index (κ2) is 7.28. The topological polar surface area (TPSA) is 72.3 Å². The van der Waals surface area contributed by atoms with E-state index in [0.29, 0.717) is 17.9 Å². The van der Waals surface area contributed by atoms with Gasteiger partial charge in [-0.1, -0.05) is 0 Å². The van der Waals surface area contributed by atoms with Gasteiger partial charge in [0.15, 0.2) is 0 Å². The fraction of sp³-hybridized carbons (Fsp3) is 0.389. The molecule has 0 saturated heterocycles. The maximum atomic E-state index is 12.4. The van der Waals surface area contributed by atoms with E-state index < -0.39 is 0 Å². The van der Waals surface area contributed by atoms with Crippen LogP contribution in [0.4, 0.5) is 0 Å². The highest BCUT2D eigenvalue weighted by Crippen LogP contribution is 2.13. The van der Waals surface area contributed by atoms with Crippen LogP contribution >= 0.6 is 0 Å². The molecule has 6 nitrogen and oxygen atoms in total. The number of aryl methyl sites for hydroxylation is 3. The summed E-state index contributed by atoms with van der Waals surface area (Å²) in [4.78, 5) is 12.4. The van der Waals surface area contributed by atoms with E-state index in [1.54, 1.807) is 33.2 Å². The van der Waals surface area contributed by atoms with E-state index in [9.17, 15) is 4.79 Å². The van der Waals surface area contributed by atoms with Crippen molar-refractivity contribution in [2.45, 2.75) is 34.2 Å². The zero-order valence-corrected chi connectivity index (χ0v) is 14.8. The Morgan fingerprint density at radius 1 is 1.25 bits per heavy atom. The van der Waals surface area contributed by atoms with Gasteiger partial charge in [-0.15, -0.1) is 0 Å². The molecule has 126 valence electrons. The molecule has 0 aromatic carbocycles. The summed E-state index contributed by atoms with van der Waals surface area (Å²) in [6.07, 6.45) is 1.66. The molecule has 0 bridgehead atoms. The standard InChI is InChI=1S/C18H22N4O2/c1-12-8-14(3)22(18(23)17(12)10-19)20-11-16-9-13(2)21(15(16)4)6-7-24-5/h8-9,11H,6-7H2,1-5H3/b20-11-. The molecule has 0 atom stereocenters. The summed E-state index contributed by atoms with van der Waals surface area (Å²) in [5.74, 6) is 0. The van der Waals surface area contributed by atoms with Crippen LogP contribution in [0.5, 0.6) is 0 Å². The minimum absolute atomic E-state index is 0.128. The summed E-state index contributed by atoms with van der Waals surface area (Å²) in [7, 11) is 1.68. The summed E-state index contributed by atoms with van der Waals surface area (Å²) >= 11 is 0. The normalized spacial score (nSPS) is 11.2. The van der Waals surface area contributed by atoms with Gasteiger partial charge in [0, 0.05) is 36.3 Å². The number of rotatable bonds is 5. The van der Waals surface area contributed by atoms with Crippen molar-refractivity contribution in [3.8, 4) is 6.07 Å². The molecule has 0 aliphatic heterocycles. The van der Waals surface area contributed by atoms with Gasteiger partial charge in [-0.2, -0.15) is 10.4 Å². The monoisotopic (exact) mass is 326 g/mol. The van der Waals surface area contributed by atoms with E-state index in [4.69, 9.17) is 10.00 Å². The Morgan fingerprint density at radius 3 is 2.58 bits per heavy atom. The Labute approximate surface area is 141 Å². The Hall–Kier alpha value is -2.65. The third-order valence-electron chi connectivity index (χ3n) is 4.12. The van der Waals surface area contributed by atoms with Crippen LogP contribution in [0.15, 0.2) is 22.0 Å². The minimum Gasteiger partial charge on any atom is -0.383 e. The minimum atomic E-state index is -0.389. The maximum Gasteiger partial charge on any atom is 0.289 e. The summed E-state index contributed by atoms with van der Waals surface area (Å²) in [5.41, 5.74) is 4.21. The van der Waals surface area contributed by atoms with Gasteiger partial charge < -0.3 is 9.30 Å². The molecular formula is C18H22N4O2. The third-order valence-corrected chi connectivity index (χ3v) is 4.12. The van der Waals surface area contributed by atoms with E-state index in [0.717, 1.165) is 23.5 Å². The lowest BCUT2D eigenvalue weighted by molar-refractivity contribution is 0.186. The first-order chi connectivity index (χ1) is 11.4. The van der Waals surface area contributed by atoms with Crippen molar-refractivity contribution in [2.75, 3.05) is 13.7 Å². The predicted molar refractivity (Wildman–Crippen MR) is 93.7 cm³/mol. The number of ether oxygens (including phenoxy) is 1. The van der Waals surface area contributed by atoms with Gasteiger partial charge in [0.2, 0.25) is 0 Å². The van der Waals surface area contributed by atoms with Gasteiger partial charge >= 0.3 is 0 Å². The molecule has 2 rings (SSSR count). The first-order valence-electron chi connectivity index (χ1n) is 7.74. The van der Waals surface area contributed by atoms with Gasteiger partial charge in [-0.25, -0.2) is 4.68 Å². The number of pyridine rings is 1. The van der Waals surface area contributed by atoms with Crippen molar-refractivity contribution in [1.29, 1.82) is 5.26 Å². The first-order valence-corrected chi connectivity index (χ1v) is 7.74. The zero-order valence-electron chi connectivity index (χ0n) is 14.8. The van der Waals surface area contributed by atoms with Crippen LogP contribution in [-0.4, -0.2) is 29.2 Å². The zero-order chi connectivity index (χ0) is 17.9. The quantitative estimate of drug-likeness (QED) is 0.791. The Balaban J connectivity index is 2.43. The molecule has 0 radical (unpaired) electrons. The van der Waals surface area contributed by atoms with Crippen LogP contribution in [0.3, 0.4) is 0 Å². The second-order valence-corrected chi connectivity index (χ2v) is 5.79. The number of aromatic nitrogens is 2. The summed E-state index contributed by atoms with van der Waals surface area (Å²) in [6, 6.07) is 5.76. The average Bonchev–Trinajstić information content (AvgIpc) is 2.79. The van der Waals surface area contributed by atoms with E-state index in [-0.39, 0.29) is 11.1 Å². The van der Waals surface area contributed by atoms with Gasteiger partial charge in [-0.3, -0.25) is 4.79 Å². The maximum absolute atomic E-state index is 12.4. The predicted octanol–water partition coefficient (Wildman–Crippen LogP) is 2.28. The molecular weight excluding hydrogens is 304 g/mol. The summed E-state index contributed by atoms with van der Waals surface area (Å²) in [5, 5.41) is 13.4. The third kappa shape index (κ3) is 3.31. The Kier molecular flexibility index (Phi) is 5.37. The molecule has 0 N–H and O–H groups in total. The van der Waals surface area contributed by atoms with Crippen LogP contribution in [0, 0.1) is 39.0 Å². The van der Waals surface area contributed by atoms with E-state index in [1.807, 2.05) is 26.0 Å². The Morgan fingerprint density at radius 2 is 1.96 bits per heavy atom. The van der Waals surface area contributed by atoms with Gasteiger partial charge in [0.05, 0.1) is 12.8 Å². The number of hydrogen-bond donors (Lipinski definition) is 0. The largest absolute Gasteiger partial charge is 0.383 e. The highest BCUT2D eigenvalue weighted by molar-refractivity contribution is 5.81. The lowest BCUT2D eigenvalue weighted by Crippen LogP contribution is -2.22. The van der Waals surface area contributed by atoms with Crippen LogP contribution in [0.1, 0.15) is 33.8 Å². The summed E-state index contributed by atoms with van der Waals surface area (Å²) in [6.45, 7) is 8.99. The van der Waals surface area contributed by atoms with Crippen LogP contribution in [0.2, 0.25) is 0 Å². The molecule has 0 amide bonds. The number of hydrogen-bond acceptors (Lipinski definition) is 4. The van der Waals surface area contributed by atoms with Crippen molar-refractivity contribution in [2.24, 2.45) is 5.10 Å². The SMILES string of the molecule is COCCn1c(C)cc(/C=N\n2c(C)cc(C)c(C#N)c2=O)c1C. The highest BCUT2D eigenvalue weighted by atomic mass is 16.5. The lowest BCUT2D eigenvalue weighted by Gasteiger charge is -2.08. The number of methoxy groups -OCH3 is 1. The fourth-order valence-corrected chi connectivity index (χ4v) is 2.77. The van der Waals surface area contributed by atoms with Crippen molar-refractivity contribution in [1.82, 2.24) is 9.24 Å². The molecule has 0 aliphatic carbocycles. The van der Waals surface area contributed by atoms with Crippen molar-refractivity contribution < 1.29 is 4.74 Å². The molecule has 0 unspecified atom stereocenters. The van der Waals surface area contributed by atoms with Crippen LogP contribution < -0.4 is 5.56 Å². The second-order valence-electron chi connectivity index (χ2n) is 5.79. The van der Waals surface area contributed by atoms with E-state index in [2.05, 4.69) is 9.67 Å². The average molecular weight is 326 g/mol. The van der Waals surface area contributed by atoms with Crippen molar-refractivity contribution in [3.05, 3.63) is 56.3 Å². The molecule has 0 spiro atoms.